The lowest BCUT2D eigenvalue weighted by Crippen LogP contribution is -2.07. The molecule has 25 heavy (non-hydrogen) atoms. The molecular formula is C17H17N2O5P. The van der Waals surface area contributed by atoms with E-state index < -0.39 is 13.5 Å². The van der Waals surface area contributed by atoms with Crippen LogP contribution in [0, 0.1) is 4.91 Å². The van der Waals surface area contributed by atoms with Gasteiger partial charge in [-0.25, -0.2) is 4.57 Å². The average Bonchev–Trinajstić information content (AvgIpc) is 2.60. The molecule has 2 aromatic carbocycles. The Morgan fingerprint density at radius 3 is 2.40 bits per heavy atom. The molecule has 130 valence electrons. The number of nitrogens with zero attached hydrogens (tertiary/aromatic N) is 2. The zero-order valence-electron chi connectivity index (χ0n) is 13.7. The van der Waals surface area contributed by atoms with Crippen molar-refractivity contribution in [2.45, 2.75) is 0 Å². The number of nitroso groups, excluding NO2 is 1. The summed E-state index contributed by atoms with van der Waals surface area (Å²) >= 11 is 0. The fourth-order valence-corrected chi connectivity index (χ4v) is 2.49. The largest absolute Gasteiger partial charge is 0.541 e. The SMILES string of the molecule is CN(C)c1ccc(C=CC(=O)c2ccccc2OP(=O)(O)N=O)cc1. The first-order valence-electron chi connectivity index (χ1n) is 7.28. The van der Waals surface area contributed by atoms with Gasteiger partial charge in [-0.15, -0.1) is 4.91 Å². The summed E-state index contributed by atoms with van der Waals surface area (Å²) in [6, 6.07) is 13.4. The lowest BCUT2D eigenvalue weighted by Gasteiger charge is -2.11. The Balaban J connectivity index is 2.20. The molecule has 1 unspecified atom stereocenters. The van der Waals surface area contributed by atoms with Gasteiger partial charge in [-0.05, 0) is 35.9 Å². The van der Waals surface area contributed by atoms with Crippen molar-refractivity contribution in [3.8, 4) is 5.75 Å². The highest BCUT2D eigenvalue weighted by Gasteiger charge is 2.24. The van der Waals surface area contributed by atoms with Crippen LogP contribution < -0.4 is 9.42 Å². The van der Waals surface area contributed by atoms with Gasteiger partial charge >= 0.3 is 7.75 Å². The molecule has 1 N–H and O–H groups in total. The Bertz CT molecular complexity index is 846. The number of hydrogen-bond donors (Lipinski definition) is 1. The number of hydrogen-bond acceptors (Lipinski definition) is 5. The van der Waals surface area contributed by atoms with Crippen LogP contribution >= 0.6 is 7.75 Å². The molecule has 0 saturated heterocycles. The molecule has 0 amide bonds. The van der Waals surface area contributed by atoms with Gasteiger partial charge in [0.2, 0.25) is 0 Å². The van der Waals surface area contributed by atoms with Crippen molar-refractivity contribution >= 4 is 25.3 Å². The van der Waals surface area contributed by atoms with Gasteiger partial charge in [-0.3, -0.25) is 9.69 Å². The molecule has 0 aromatic heterocycles. The minimum absolute atomic E-state index is 0.0570. The van der Waals surface area contributed by atoms with Crippen LogP contribution in [0.2, 0.25) is 0 Å². The smallest absolute Gasteiger partial charge is 0.405 e. The van der Waals surface area contributed by atoms with Crippen molar-refractivity contribution in [3.05, 3.63) is 70.6 Å². The first-order valence-corrected chi connectivity index (χ1v) is 8.81. The second-order valence-corrected chi connectivity index (χ2v) is 6.67. The third-order valence-electron chi connectivity index (χ3n) is 3.31. The number of carbonyl (C=O) groups excluding carboxylic acids is 1. The summed E-state index contributed by atoms with van der Waals surface area (Å²) < 4.78 is 16.0. The van der Waals surface area contributed by atoms with Gasteiger partial charge in [0.1, 0.15) is 5.75 Å². The summed E-state index contributed by atoms with van der Waals surface area (Å²) in [5.41, 5.74) is 1.91. The lowest BCUT2D eigenvalue weighted by atomic mass is 10.1. The lowest BCUT2D eigenvalue weighted by molar-refractivity contribution is 0.104. The number of anilines is 1. The van der Waals surface area contributed by atoms with Gasteiger partial charge in [0.25, 0.3) is 0 Å². The van der Waals surface area contributed by atoms with Crippen LogP contribution in [0.3, 0.4) is 0 Å². The number of para-hydroxylation sites is 1. The monoisotopic (exact) mass is 360 g/mol. The number of allylic oxidation sites excluding steroid dienone is 1. The van der Waals surface area contributed by atoms with Gasteiger partial charge in [0.15, 0.2) is 5.78 Å². The maximum Gasteiger partial charge on any atom is 0.541 e. The Morgan fingerprint density at radius 1 is 1.16 bits per heavy atom. The molecule has 0 aliphatic rings. The number of rotatable bonds is 7. The molecule has 0 aliphatic carbocycles. The van der Waals surface area contributed by atoms with Gasteiger partial charge < -0.3 is 9.42 Å². The second kappa shape index (κ2) is 7.88. The van der Waals surface area contributed by atoms with Gasteiger partial charge in [0.05, 0.1) is 10.5 Å². The van der Waals surface area contributed by atoms with Crippen molar-refractivity contribution in [1.82, 2.24) is 0 Å². The summed E-state index contributed by atoms with van der Waals surface area (Å²) in [4.78, 5) is 35.8. The van der Waals surface area contributed by atoms with Crippen LogP contribution in [0.25, 0.3) is 6.08 Å². The van der Waals surface area contributed by atoms with E-state index in [2.05, 4.69) is 4.52 Å². The fraction of sp³-hybridized carbons (Fsp3) is 0.118. The molecule has 2 rings (SSSR count). The van der Waals surface area contributed by atoms with Crippen molar-refractivity contribution in [2.75, 3.05) is 19.0 Å². The van der Waals surface area contributed by atoms with E-state index >= 15 is 0 Å². The zero-order valence-corrected chi connectivity index (χ0v) is 14.6. The quantitative estimate of drug-likeness (QED) is 0.348. The summed E-state index contributed by atoms with van der Waals surface area (Å²) in [5.74, 6) is -0.608. The van der Waals surface area contributed by atoms with Crippen molar-refractivity contribution in [1.29, 1.82) is 0 Å². The predicted molar refractivity (Wildman–Crippen MR) is 96.8 cm³/mol. The maximum atomic E-state index is 12.3. The van der Waals surface area contributed by atoms with Crippen molar-refractivity contribution < 1.29 is 18.8 Å². The molecule has 1 atom stereocenters. The molecule has 0 aliphatic heterocycles. The fourth-order valence-electron chi connectivity index (χ4n) is 2.04. The van der Waals surface area contributed by atoms with Crippen LogP contribution in [-0.2, 0) is 4.57 Å². The Labute approximate surface area is 145 Å². The Kier molecular flexibility index (Phi) is 5.85. The molecule has 0 radical (unpaired) electrons. The molecule has 8 heteroatoms. The third kappa shape index (κ3) is 5.11. The molecular weight excluding hydrogens is 343 g/mol. The average molecular weight is 360 g/mol. The molecule has 0 saturated carbocycles. The van der Waals surface area contributed by atoms with E-state index in [1.54, 1.807) is 12.1 Å². The topological polar surface area (TPSA) is 96.3 Å². The molecule has 0 fully saturated rings. The minimum Gasteiger partial charge on any atom is -0.405 e. The highest BCUT2D eigenvalue weighted by molar-refractivity contribution is 7.51. The van der Waals surface area contributed by atoms with E-state index in [0.717, 1.165) is 11.3 Å². The van der Waals surface area contributed by atoms with E-state index in [4.69, 9.17) is 0 Å². The van der Waals surface area contributed by atoms with Gasteiger partial charge in [-0.2, -0.15) is 0 Å². The standard InChI is InChI=1S/C17H17N2O5P/c1-19(2)14-10-7-13(8-11-14)9-12-16(20)15-5-3-4-6-17(15)24-25(22,23)18-21/h3-12H,1-2H3,(H,22,23). The van der Waals surface area contributed by atoms with E-state index in [1.165, 1.54) is 24.3 Å². The number of benzene rings is 2. The molecule has 2 aromatic rings. The van der Waals surface area contributed by atoms with E-state index in [-0.39, 0.29) is 11.3 Å². The number of ketones is 1. The minimum atomic E-state index is -4.67. The van der Waals surface area contributed by atoms with Crippen LogP contribution in [0.1, 0.15) is 15.9 Å². The first kappa shape index (κ1) is 18.6. The highest BCUT2D eigenvalue weighted by Crippen LogP contribution is 2.44. The summed E-state index contributed by atoms with van der Waals surface area (Å²) in [5, 5.41) is 0. The third-order valence-corrected chi connectivity index (χ3v) is 3.95. The summed E-state index contributed by atoms with van der Waals surface area (Å²) in [6.07, 6.45) is 2.94. The van der Waals surface area contributed by atoms with E-state index in [9.17, 15) is 19.2 Å². The Morgan fingerprint density at radius 2 is 1.80 bits per heavy atom. The highest BCUT2D eigenvalue weighted by atomic mass is 31.2. The molecule has 7 nitrogen and oxygen atoms in total. The predicted octanol–water partition coefficient (Wildman–Crippen LogP) is 3.89. The van der Waals surface area contributed by atoms with Crippen molar-refractivity contribution in [3.63, 3.8) is 0 Å². The van der Waals surface area contributed by atoms with Gasteiger partial charge in [0, 0.05) is 19.8 Å². The van der Waals surface area contributed by atoms with E-state index in [1.807, 2.05) is 48.2 Å². The van der Waals surface area contributed by atoms with Crippen LogP contribution in [0.5, 0.6) is 5.75 Å². The summed E-state index contributed by atoms with van der Waals surface area (Å²) in [6.45, 7) is 0. The van der Waals surface area contributed by atoms with E-state index in [0.29, 0.717) is 0 Å². The number of carbonyl (C=O) groups is 1. The molecule has 0 bridgehead atoms. The van der Waals surface area contributed by atoms with Crippen LogP contribution in [0.15, 0.2) is 59.6 Å². The first-order chi connectivity index (χ1) is 11.8. The summed E-state index contributed by atoms with van der Waals surface area (Å²) in [7, 11) is -0.806. The Hall–Kier alpha value is -2.76. The van der Waals surface area contributed by atoms with Gasteiger partial charge in [-0.1, -0.05) is 30.3 Å². The van der Waals surface area contributed by atoms with Crippen LogP contribution in [-0.4, -0.2) is 24.8 Å². The molecule has 0 spiro atoms. The zero-order chi connectivity index (χ0) is 18.4. The normalized spacial score (nSPS) is 13.2. The molecule has 0 heterocycles. The van der Waals surface area contributed by atoms with Crippen molar-refractivity contribution in [2.24, 2.45) is 4.95 Å². The van der Waals surface area contributed by atoms with Crippen LogP contribution in [0.4, 0.5) is 5.69 Å². The maximum absolute atomic E-state index is 12.3. The second-order valence-electron chi connectivity index (χ2n) is 5.34.